The Bertz CT molecular complexity index is 1040. The number of carbonyl (C=O) groups is 1. The Morgan fingerprint density at radius 2 is 1.78 bits per heavy atom. The van der Waals surface area contributed by atoms with Crippen molar-refractivity contribution in [2.45, 2.75) is 30.3 Å². The molecule has 0 aliphatic carbocycles. The summed E-state index contributed by atoms with van der Waals surface area (Å²) in [5.74, 6) is 0.566. The quantitative estimate of drug-likeness (QED) is 0.243. The smallest absolute Gasteiger partial charge is 0.418 e. The number of anilines is 2. The summed E-state index contributed by atoms with van der Waals surface area (Å²) in [6.07, 6.45) is -1.73. The van der Waals surface area contributed by atoms with Crippen LogP contribution in [-0.4, -0.2) is 64.3 Å². The van der Waals surface area contributed by atoms with Crippen molar-refractivity contribution >= 4 is 29.9 Å². The van der Waals surface area contributed by atoms with Gasteiger partial charge < -0.3 is 25.4 Å². The zero-order valence-corrected chi connectivity index (χ0v) is 21.4. The predicted octanol–water partition coefficient (Wildman–Crippen LogP) is 4.32. The number of hydrogen-bond donors (Lipinski definition) is 3. The van der Waals surface area contributed by atoms with Crippen LogP contribution in [0.2, 0.25) is 0 Å². The molecule has 0 radical (unpaired) electrons. The molecule has 198 valence electrons. The Morgan fingerprint density at radius 3 is 2.42 bits per heavy atom. The van der Waals surface area contributed by atoms with Gasteiger partial charge in [0.25, 0.3) is 5.91 Å². The number of rotatable bonds is 10. The monoisotopic (exact) mass is 526 g/mol. The Balaban J connectivity index is 1.38. The van der Waals surface area contributed by atoms with E-state index in [1.807, 2.05) is 4.90 Å². The van der Waals surface area contributed by atoms with Gasteiger partial charge in [0, 0.05) is 49.0 Å². The van der Waals surface area contributed by atoms with Crippen molar-refractivity contribution in [1.82, 2.24) is 10.2 Å². The molecular formula is C25H33F3N4O3S. The van der Waals surface area contributed by atoms with Crippen molar-refractivity contribution in [1.29, 1.82) is 0 Å². The highest BCUT2D eigenvalue weighted by molar-refractivity contribution is 7.80. The van der Waals surface area contributed by atoms with E-state index >= 15 is 0 Å². The summed E-state index contributed by atoms with van der Waals surface area (Å²) in [6.45, 7) is 4.31. The van der Waals surface area contributed by atoms with Crippen LogP contribution in [0.5, 0.6) is 11.5 Å². The molecule has 1 aliphatic heterocycles. The molecule has 0 spiro atoms. The van der Waals surface area contributed by atoms with Crippen LogP contribution in [0, 0.1) is 0 Å². The van der Waals surface area contributed by atoms with Crippen LogP contribution >= 0.6 is 12.6 Å². The van der Waals surface area contributed by atoms with E-state index in [2.05, 4.69) is 22.8 Å². The van der Waals surface area contributed by atoms with Crippen LogP contribution < -0.4 is 25.4 Å². The molecule has 1 heterocycles. The number of benzene rings is 2. The van der Waals surface area contributed by atoms with Gasteiger partial charge in [0.2, 0.25) is 0 Å². The van der Waals surface area contributed by atoms with Crippen LogP contribution in [0.15, 0.2) is 35.2 Å². The van der Waals surface area contributed by atoms with E-state index in [0.717, 1.165) is 45.0 Å². The number of alkyl halides is 3. The molecule has 0 atom stereocenters. The van der Waals surface area contributed by atoms with Crippen molar-refractivity contribution < 1.29 is 27.4 Å². The molecule has 2 aromatic rings. The number of nitrogens with two attached hydrogens (primary N) is 1. The van der Waals surface area contributed by atoms with E-state index in [1.54, 1.807) is 18.2 Å². The lowest BCUT2D eigenvalue weighted by Crippen LogP contribution is -2.46. The molecule has 0 saturated carbocycles. The van der Waals surface area contributed by atoms with Gasteiger partial charge in [-0.1, -0.05) is 6.42 Å². The predicted molar refractivity (Wildman–Crippen MR) is 137 cm³/mol. The first-order valence-electron chi connectivity index (χ1n) is 11.8. The van der Waals surface area contributed by atoms with Gasteiger partial charge >= 0.3 is 6.18 Å². The Kier molecular flexibility index (Phi) is 9.61. The lowest BCUT2D eigenvalue weighted by Gasteiger charge is -2.36. The number of methoxy groups -OCH3 is 2. The fraction of sp³-hybridized carbons (Fsp3) is 0.480. The fourth-order valence-corrected chi connectivity index (χ4v) is 4.56. The Hall–Kier alpha value is -2.79. The second kappa shape index (κ2) is 12.4. The van der Waals surface area contributed by atoms with Gasteiger partial charge in [0.15, 0.2) is 11.5 Å². The number of carbonyl (C=O) groups excluding carboxylic acids is 1. The zero-order valence-electron chi connectivity index (χ0n) is 20.5. The van der Waals surface area contributed by atoms with Gasteiger partial charge in [-0.3, -0.25) is 9.69 Å². The maximum absolute atomic E-state index is 13.2. The molecule has 0 bridgehead atoms. The van der Waals surface area contributed by atoms with Gasteiger partial charge in [-0.2, -0.15) is 13.2 Å². The number of nitrogen functional groups attached to an aromatic ring is 1. The summed E-state index contributed by atoms with van der Waals surface area (Å²) in [5, 5.41) is 2.91. The number of nitrogens with one attached hydrogen (secondary N) is 1. The maximum Gasteiger partial charge on any atom is 0.418 e. The van der Waals surface area contributed by atoms with Gasteiger partial charge in [-0.05, 0) is 49.7 Å². The molecule has 36 heavy (non-hydrogen) atoms. The van der Waals surface area contributed by atoms with E-state index in [-0.39, 0.29) is 11.6 Å². The van der Waals surface area contributed by atoms with E-state index in [4.69, 9.17) is 15.2 Å². The van der Waals surface area contributed by atoms with Crippen LogP contribution in [0.25, 0.3) is 0 Å². The molecule has 0 unspecified atom stereocenters. The number of unbranched alkanes of at least 4 members (excludes halogenated alkanes) is 2. The van der Waals surface area contributed by atoms with Crippen LogP contribution in [0.4, 0.5) is 24.5 Å². The summed E-state index contributed by atoms with van der Waals surface area (Å²) < 4.78 is 50.1. The average molecular weight is 527 g/mol. The third-order valence-corrected chi connectivity index (χ3v) is 6.64. The molecule has 7 nitrogen and oxygen atoms in total. The molecule has 1 saturated heterocycles. The number of nitrogens with zero attached hydrogens (tertiary/aromatic N) is 2. The van der Waals surface area contributed by atoms with E-state index in [1.165, 1.54) is 20.3 Å². The molecule has 3 rings (SSSR count). The van der Waals surface area contributed by atoms with E-state index in [0.29, 0.717) is 47.3 Å². The summed E-state index contributed by atoms with van der Waals surface area (Å²) >= 11 is 4.37. The van der Waals surface area contributed by atoms with Crippen molar-refractivity contribution in [3.63, 3.8) is 0 Å². The van der Waals surface area contributed by atoms with E-state index < -0.39 is 11.7 Å². The van der Waals surface area contributed by atoms with Crippen LogP contribution in [0.1, 0.15) is 35.2 Å². The second-order valence-corrected chi connectivity index (χ2v) is 9.09. The normalized spacial score (nSPS) is 14.6. The van der Waals surface area contributed by atoms with Gasteiger partial charge in [0.05, 0.1) is 25.3 Å². The van der Waals surface area contributed by atoms with Crippen LogP contribution in [-0.2, 0) is 6.18 Å². The zero-order chi connectivity index (χ0) is 26.3. The van der Waals surface area contributed by atoms with Gasteiger partial charge in [-0.25, -0.2) is 0 Å². The molecule has 1 aliphatic rings. The SMILES string of the molecule is COc1ccc(S)c(C(=O)NCCCCCN2CCN(c3ccc(N)c(C(F)(F)F)c3)CC2)c1OC. The highest BCUT2D eigenvalue weighted by Gasteiger charge is 2.33. The molecule has 1 amide bonds. The Labute approximate surface area is 215 Å². The first-order valence-corrected chi connectivity index (χ1v) is 12.3. The number of thiol groups is 1. The van der Waals surface area contributed by atoms with Crippen molar-refractivity contribution in [2.24, 2.45) is 0 Å². The number of hydrogen-bond acceptors (Lipinski definition) is 7. The summed E-state index contributed by atoms with van der Waals surface area (Å²) in [5.41, 5.74) is 5.36. The van der Waals surface area contributed by atoms with Crippen molar-refractivity contribution in [3.05, 3.63) is 41.5 Å². The standard InChI is InChI=1S/C25H33F3N4O3S/c1-34-20-8-9-21(36)22(23(20)35-2)24(33)30-10-4-3-5-11-31-12-14-32(15-13-31)17-6-7-19(29)18(16-17)25(26,27)28/h6-9,16,36H,3-5,10-15,29H2,1-2H3,(H,30,33). The second-order valence-electron chi connectivity index (χ2n) is 8.61. The first-order chi connectivity index (χ1) is 17.2. The minimum atomic E-state index is -4.46. The molecule has 3 N–H and O–H groups in total. The summed E-state index contributed by atoms with van der Waals surface area (Å²) in [7, 11) is 3.00. The third-order valence-electron chi connectivity index (χ3n) is 6.27. The largest absolute Gasteiger partial charge is 0.493 e. The molecule has 1 fully saturated rings. The first kappa shape index (κ1) is 27.8. The topological polar surface area (TPSA) is 80.1 Å². The fourth-order valence-electron chi connectivity index (χ4n) is 4.28. The minimum absolute atomic E-state index is 0.255. The number of amides is 1. The van der Waals surface area contributed by atoms with Crippen molar-refractivity contribution in [3.8, 4) is 11.5 Å². The van der Waals surface area contributed by atoms with E-state index in [9.17, 15) is 18.0 Å². The Morgan fingerprint density at radius 1 is 1.06 bits per heavy atom. The molecule has 2 aromatic carbocycles. The highest BCUT2D eigenvalue weighted by Crippen LogP contribution is 2.36. The lowest BCUT2D eigenvalue weighted by atomic mass is 10.1. The number of halogens is 3. The average Bonchev–Trinajstić information content (AvgIpc) is 2.85. The molecule has 11 heteroatoms. The van der Waals surface area contributed by atoms with Crippen LogP contribution in [0.3, 0.4) is 0 Å². The highest BCUT2D eigenvalue weighted by atomic mass is 32.1. The third kappa shape index (κ3) is 6.91. The number of piperazine rings is 1. The summed E-state index contributed by atoms with van der Waals surface area (Å²) in [6, 6.07) is 7.50. The maximum atomic E-state index is 13.2. The lowest BCUT2D eigenvalue weighted by molar-refractivity contribution is -0.136. The minimum Gasteiger partial charge on any atom is -0.493 e. The molecular weight excluding hydrogens is 493 g/mol. The van der Waals surface area contributed by atoms with Gasteiger partial charge in [-0.15, -0.1) is 12.6 Å². The summed E-state index contributed by atoms with van der Waals surface area (Å²) in [4.78, 5) is 17.4. The number of ether oxygens (including phenoxy) is 2. The molecule has 0 aromatic heterocycles. The van der Waals surface area contributed by atoms with Gasteiger partial charge in [0.1, 0.15) is 0 Å². The van der Waals surface area contributed by atoms with Crippen molar-refractivity contribution in [2.75, 3.05) is 64.1 Å².